The first kappa shape index (κ1) is 9.88. The highest BCUT2D eigenvalue weighted by Crippen LogP contribution is 1.83. The molecule has 0 fully saturated rings. The topological polar surface area (TPSA) is 47.3 Å². The molecule has 0 saturated carbocycles. The monoisotopic (exact) mass is 145 g/mol. The zero-order chi connectivity index (χ0) is 7.66. The second-order valence-corrected chi connectivity index (χ2v) is 2.09. The van der Waals surface area contributed by atoms with Crippen molar-refractivity contribution in [1.29, 1.82) is 0 Å². The molecule has 61 valence electrons. The summed E-state index contributed by atoms with van der Waals surface area (Å²) in [6.45, 7) is 6.16. The van der Waals surface area contributed by atoms with E-state index in [9.17, 15) is 0 Å². The van der Waals surface area contributed by atoms with Crippen LogP contribution in [0.3, 0.4) is 0 Å². The van der Waals surface area contributed by atoms with E-state index < -0.39 is 0 Å². The number of ether oxygens (including phenoxy) is 1. The molecule has 1 radical (unpaired) electrons. The lowest BCUT2D eigenvalue weighted by Crippen LogP contribution is -2.18. The molecule has 0 aliphatic carbocycles. The molecular weight excluding hydrogens is 128 g/mol. The minimum atomic E-state index is 0.828. The molecule has 0 rings (SSSR count). The predicted octanol–water partition coefficient (Wildman–Crippen LogP) is 0.471. The van der Waals surface area contributed by atoms with Crippen molar-refractivity contribution in [3.63, 3.8) is 0 Å². The Bertz CT molecular complexity index is 51.6. The molecule has 0 aliphatic rings. The van der Waals surface area contributed by atoms with Crippen molar-refractivity contribution in [2.75, 3.05) is 19.8 Å². The van der Waals surface area contributed by atoms with Crippen LogP contribution < -0.4 is 11.1 Å². The summed E-state index contributed by atoms with van der Waals surface area (Å²) in [7, 11) is 0. The average Bonchev–Trinajstić information content (AvgIpc) is 1.97. The Labute approximate surface area is 62.9 Å². The van der Waals surface area contributed by atoms with E-state index in [4.69, 9.17) is 10.5 Å². The summed E-state index contributed by atoms with van der Waals surface area (Å²) >= 11 is 0. The van der Waals surface area contributed by atoms with E-state index >= 15 is 0 Å². The molecule has 0 atom stereocenters. The number of hydrogen-bond acceptors (Lipinski definition) is 3. The Balaban J connectivity index is 2.65. The van der Waals surface area contributed by atoms with Crippen molar-refractivity contribution in [2.45, 2.75) is 19.8 Å². The number of hydrogen-bond donors (Lipinski definition) is 2. The maximum atomic E-state index is 5.23. The van der Waals surface area contributed by atoms with E-state index in [1.807, 2.05) is 0 Å². The normalized spacial score (nSPS) is 10.2. The summed E-state index contributed by atoms with van der Waals surface area (Å²) in [6.07, 6.45) is 2.12. The Morgan fingerprint density at radius 1 is 1.50 bits per heavy atom. The van der Waals surface area contributed by atoms with Crippen molar-refractivity contribution >= 4 is 0 Å². The van der Waals surface area contributed by atoms with E-state index in [0.717, 1.165) is 32.6 Å². The van der Waals surface area contributed by atoms with Crippen molar-refractivity contribution in [3.05, 3.63) is 6.67 Å². The fourth-order valence-corrected chi connectivity index (χ4v) is 0.606. The molecule has 0 amide bonds. The van der Waals surface area contributed by atoms with Gasteiger partial charge in [0, 0.05) is 13.2 Å². The molecular formula is C7H17N2O. The zero-order valence-corrected chi connectivity index (χ0v) is 6.60. The van der Waals surface area contributed by atoms with Crippen LogP contribution in [-0.2, 0) is 4.74 Å². The van der Waals surface area contributed by atoms with E-state index in [2.05, 4.69) is 12.2 Å². The lowest BCUT2D eigenvalue weighted by molar-refractivity contribution is 0.132. The predicted molar refractivity (Wildman–Crippen MR) is 42.2 cm³/mol. The zero-order valence-electron chi connectivity index (χ0n) is 6.60. The third kappa shape index (κ3) is 7.88. The number of nitrogens with one attached hydrogen (secondary N) is 1. The lowest BCUT2D eigenvalue weighted by Gasteiger charge is -2.01. The van der Waals surface area contributed by atoms with Crippen LogP contribution in [0, 0.1) is 6.67 Å². The van der Waals surface area contributed by atoms with Gasteiger partial charge in [-0.25, -0.2) is 0 Å². The fourth-order valence-electron chi connectivity index (χ4n) is 0.606. The van der Waals surface area contributed by atoms with Gasteiger partial charge in [-0.3, -0.25) is 5.32 Å². The van der Waals surface area contributed by atoms with Crippen molar-refractivity contribution in [3.8, 4) is 0 Å². The molecule has 3 nitrogen and oxygen atoms in total. The molecule has 0 aliphatic heterocycles. The summed E-state index contributed by atoms with van der Waals surface area (Å²) < 4.78 is 5.23. The highest BCUT2D eigenvalue weighted by atomic mass is 16.5. The minimum Gasteiger partial charge on any atom is -0.381 e. The molecule has 0 aromatic heterocycles. The smallest absolute Gasteiger partial charge is 0.0838 e. The maximum Gasteiger partial charge on any atom is 0.0838 e. The molecule has 3 N–H and O–H groups in total. The SMILES string of the molecule is CCCOCCCN[CH]N. The number of nitrogens with two attached hydrogens (primary N) is 1. The third-order valence-corrected chi connectivity index (χ3v) is 1.08. The van der Waals surface area contributed by atoms with Crippen LogP contribution in [0.15, 0.2) is 0 Å². The van der Waals surface area contributed by atoms with Gasteiger partial charge in [-0.2, -0.15) is 0 Å². The van der Waals surface area contributed by atoms with Gasteiger partial charge in [0.15, 0.2) is 0 Å². The second kappa shape index (κ2) is 8.88. The van der Waals surface area contributed by atoms with Crippen LogP contribution in [0.1, 0.15) is 19.8 Å². The molecule has 3 heteroatoms. The van der Waals surface area contributed by atoms with Gasteiger partial charge in [0.1, 0.15) is 0 Å². The summed E-state index contributed by atoms with van der Waals surface area (Å²) in [6, 6.07) is 0. The van der Waals surface area contributed by atoms with Crippen molar-refractivity contribution in [2.24, 2.45) is 5.73 Å². The van der Waals surface area contributed by atoms with Crippen molar-refractivity contribution < 1.29 is 4.74 Å². The Morgan fingerprint density at radius 2 is 2.30 bits per heavy atom. The van der Waals surface area contributed by atoms with Crippen LogP contribution in [0.4, 0.5) is 0 Å². The van der Waals surface area contributed by atoms with Crippen LogP contribution in [0.5, 0.6) is 0 Å². The highest BCUT2D eigenvalue weighted by Gasteiger charge is 1.85. The molecule has 0 heterocycles. The second-order valence-electron chi connectivity index (χ2n) is 2.09. The molecule has 0 saturated heterocycles. The Morgan fingerprint density at radius 3 is 2.90 bits per heavy atom. The standard InChI is InChI=1S/C7H17N2O/c1-2-5-10-6-3-4-9-7-8/h7,9H,2-6,8H2,1H3. The molecule has 0 aromatic rings. The van der Waals surface area contributed by atoms with Gasteiger partial charge in [0.2, 0.25) is 0 Å². The van der Waals surface area contributed by atoms with Gasteiger partial charge in [-0.1, -0.05) is 6.92 Å². The van der Waals surface area contributed by atoms with Gasteiger partial charge in [-0.15, -0.1) is 0 Å². The summed E-state index contributed by atoms with van der Waals surface area (Å²) in [5.74, 6) is 0. The highest BCUT2D eigenvalue weighted by molar-refractivity contribution is 4.50. The quantitative estimate of drug-likeness (QED) is 0.512. The largest absolute Gasteiger partial charge is 0.381 e. The summed E-state index contributed by atoms with van der Waals surface area (Å²) in [5, 5.41) is 2.90. The van der Waals surface area contributed by atoms with Crippen LogP contribution in [0.2, 0.25) is 0 Å². The van der Waals surface area contributed by atoms with E-state index in [1.165, 1.54) is 6.67 Å². The van der Waals surface area contributed by atoms with E-state index in [1.54, 1.807) is 0 Å². The Kier molecular flexibility index (Phi) is 8.77. The van der Waals surface area contributed by atoms with Crippen LogP contribution in [-0.4, -0.2) is 19.8 Å². The van der Waals surface area contributed by atoms with Gasteiger partial charge in [-0.05, 0) is 19.4 Å². The minimum absolute atomic E-state index is 0.828. The Hall–Kier alpha value is -0.120. The average molecular weight is 145 g/mol. The van der Waals surface area contributed by atoms with Gasteiger partial charge in [0.05, 0.1) is 6.67 Å². The maximum absolute atomic E-state index is 5.23. The number of rotatable bonds is 7. The molecule has 10 heavy (non-hydrogen) atoms. The lowest BCUT2D eigenvalue weighted by atomic mass is 10.4. The first-order valence-electron chi connectivity index (χ1n) is 3.76. The van der Waals surface area contributed by atoms with E-state index in [0.29, 0.717) is 0 Å². The first-order chi connectivity index (χ1) is 4.91. The first-order valence-corrected chi connectivity index (χ1v) is 3.76. The molecule has 0 aromatic carbocycles. The summed E-state index contributed by atoms with van der Waals surface area (Å²) in [4.78, 5) is 0. The van der Waals surface area contributed by atoms with Crippen LogP contribution >= 0.6 is 0 Å². The van der Waals surface area contributed by atoms with Crippen molar-refractivity contribution in [1.82, 2.24) is 5.32 Å². The van der Waals surface area contributed by atoms with Crippen LogP contribution in [0.25, 0.3) is 0 Å². The van der Waals surface area contributed by atoms with Gasteiger partial charge >= 0.3 is 0 Å². The fraction of sp³-hybridized carbons (Fsp3) is 0.857. The molecule has 0 bridgehead atoms. The van der Waals surface area contributed by atoms with Gasteiger partial charge in [0.25, 0.3) is 0 Å². The molecule has 0 spiro atoms. The van der Waals surface area contributed by atoms with E-state index in [-0.39, 0.29) is 0 Å². The molecule has 0 unspecified atom stereocenters. The summed E-state index contributed by atoms with van der Waals surface area (Å²) in [5.41, 5.74) is 5.09. The van der Waals surface area contributed by atoms with Gasteiger partial charge < -0.3 is 10.5 Å². The third-order valence-electron chi connectivity index (χ3n) is 1.08.